The molecule has 0 aliphatic rings. The van der Waals surface area contributed by atoms with Crippen molar-refractivity contribution in [1.82, 2.24) is 24.7 Å². The summed E-state index contributed by atoms with van der Waals surface area (Å²) in [6.07, 6.45) is 3.03. The van der Waals surface area contributed by atoms with Gasteiger partial charge in [-0.25, -0.2) is 19.2 Å². The zero-order chi connectivity index (χ0) is 25.5. The normalized spacial score (nSPS) is 11.6. The molecule has 12 heteroatoms. The van der Waals surface area contributed by atoms with Crippen LogP contribution in [0.5, 0.6) is 11.5 Å². The largest absolute Gasteiger partial charge is 0.490 e. The van der Waals surface area contributed by atoms with E-state index in [9.17, 15) is 9.18 Å². The van der Waals surface area contributed by atoms with Crippen LogP contribution in [0.25, 0.3) is 5.95 Å². The second-order valence-electron chi connectivity index (χ2n) is 7.52. The van der Waals surface area contributed by atoms with Crippen LogP contribution in [0, 0.1) is 5.41 Å². The van der Waals surface area contributed by atoms with Crippen LogP contribution in [0.3, 0.4) is 0 Å². The molecule has 0 aliphatic carbocycles. The number of amidine groups is 1. The highest BCUT2D eigenvalue weighted by molar-refractivity contribution is 5.95. The fourth-order valence-electron chi connectivity index (χ4n) is 3.47. The van der Waals surface area contributed by atoms with Gasteiger partial charge in [-0.15, -0.1) is 9.78 Å². The molecular formula is C24H25FN8O3. The topological polar surface area (TPSA) is 157 Å². The number of ether oxygens (including phenoxy) is 2. The van der Waals surface area contributed by atoms with Crippen molar-refractivity contribution in [2.45, 2.75) is 13.0 Å². The predicted molar refractivity (Wildman–Crippen MR) is 132 cm³/mol. The number of nitrogen functional groups attached to an aromatic ring is 1. The smallest absolute Gasteiger partial charge is 0.350 e. The summed E-state index contributed by atoms with van der Waals surface area (Å²) in [5.74, 6) is 1.20. The molecule has 0 bridgehead atoms. The van der Waals surface area contributed by atoms with Gasteiger partial charge in [-0.3, -0.25) is 10.4 Å². The molecule has 0 fully saturated rings. The second kappa shape index (κ2) is 11.1. The maximum atomic E-state index is 12.7. The molecule has 0 saturated carbocycles. The Labute approximate surface area is 205 Å². The average Bonchev–Trinajstić information content (AvgIpc) is 3.28. The van der Waals surface area contributed by atoms with E-state index in [1.165, 1.54) is 12.4 Å². The van der Waals surface area contributed by atoms with Gasteiger partial charge in [0.15, 0.2) is 17.3 Å². The zero-order valence-corrected chi connectivity index (χ0v) is 19.4. The van der Waals surface area contributed by atoms with Gasteiger partial charge < -0.3 is 20.5 Å². The minimum atomic E-state index is -0.639. The number of nitrogens with zero attached hydrogens (tertiary/aromatic N) is 4. The first-order valence-electron chi connectivity index (χ1n) is 11.1. The summed E-state index contributed by atoms with van der Waals surface area (Å²) in [6.45, 7) is 1.47. The monoisotopic (exact) mass is 492 g/mol. The standard InChI is InChI=1S/C24H25FN8O3/c1-2-35-19-14-16(6-9-18(19)36-13-10-25)20(30-17-7-4-15(5-8-17)21(26)27)22-31-24(34)33(32-22)23-28-11-3-12-29-23/h3-9,11-12,14,20,30H,2,10,13H2,1H3,(H3,26,27)(H,31,32,34). The Kier molecular flexibility index (Phi) is 7.54. The van der Waals surface area contributed by atoms with Crippen LogP contribution in [0.1, 0.15) is 29.9 Å². The number of anilines is 1. The summed E-state index contributed by atoms with van der Waals surface area (Å²) < 4.78 is 24.9. The third-order valence-corrected chi connectivity index (χ3v) is 5.09. The molecule has 5 N–H and O–H groups in total. The summed E-state index contributed by atoms with van der Waals surface area (Å²) in [7, 11) is 0. The molecule has 1 atom stereocenters. The van der Waals surface area contributed by atoms with E-state index in [0.717, 1.165) is 4.68 Å². The highest BCUT2D eigenvalue weighted by Gasteiger charge is 2.23. The van der Waals surface area contributed by atoms with Crippen molar-refractivity contribution in [1.29, 1.82) is 5.41 Å². The molecule has 0 amide bonds. The van der Waals surface area contributed by atoms with Gasteiger partial charge in [-0.1, -0.05) is 6.07 Å². The summed E-state index contributed by atoms with van der Waals surface area (Å²) in [6, 6.07) is 13.1. The van der Waals surface area contributed by atoms with Gasteiger partial charge in [-0.05, 0) is 55.0 Å². The van der Waals surface area contributed by atoms with Crippen LogP contribution in [-0.4, -0.2) is 50.5 Å². The number of nitrogens with one attached hydrogen (secondary N) is 3. The van der Waals surface area contributed by atoms with Gasteiger partial charge in [0.05, 0.1) is 6.61 Å². The molecule has 4 aromatic rings. The maximum Gasteiger partial charge on any atom is 0.350 e. The summed E-state index contributed by atoms with van der Waals surface area (Å²) in [5, 5.41) is 15.4. The first kappa shape index (κ1) is 24.4. The van der Waals surface area contributed by atoms with E-state index >= 15 is 0 Å². The summed E-state index contributed by atoms with van der Waals surface area (Å²) in [5.41, 5.74) is 7.01. The van der Waals surface area contributed by atoms with Crippen LogP contribution in [0.4, 0.5) is 10.1 Å². The Morgan fingerprint density at radius 3 is 2.58 bits per heavy atom. The number of hydrogen-bond acceptors (Lipinski definition) is 8. The van der Waals surface area contributed by atoms with Crippen LogP contribution in [-0.2, 0) is 0 Å². The molecule has 4 rings (SSSR count). The van der Waals surface area contributed by atoms with Crippen LogP contribution in [0.2, 0.25) is 0 Å². The lowest BCUT2D eigenvalue weighted by atomic mass is 10.0. The number of halogens is 1. The molecule has 0 radical (unpaired) electrons. The molecule has 1 unspecified atom stereocenters. The number of aromatic amines is 1. The van der Waals surface area contributed by atoms with E-state index in [-0.39, 0.29) is 18.4 Å². The van der Waals surface area contributed by atoms with Gasteiger partial charge in [0.1, 0.15) is 25.2 Å². The molecule has 2 aromatic heterocycles. The van der Waals surface area contributed by atoms with Crippen molar-refractivity contribution in [2.24, 2.45) is 5.73 Å². The quantitative estimate of drug-likeness (QED) is 0.184. The van der Waals surface area contributed by atoms with Crippen molar-refractivity contribution in [3.05, 3.63) is 88.4 Å². The van der Waals surface area contributed by atoms with Crippen LogP contribution < -0.4 is 26.2 Å². The van der Waals surface area contributed by atoms with Crippen molar-refractivity contribution in [2.75, 3.05) is 25.2 Å². The fourth-order valence-corrected chi connectivity index (χ4v) is 3.47. The lowest BCUT2D eigenvalue weighted by molar-refractivity contribution is 0.251. The molecule has 0 aliphatic heterocycles. The van der Waals surface area contributed by atoms with E-state index in [4.69, 9.17) is 20.6 Å². The van der Waals surface area contributed by atoms with Gasteiger partial charge in [-0.2, -0.15) is 0 Å². The number of aromatic nitrogens is 5. The predicted octanol–water partition coefficient (Wildman–Crippen LogP) is 2.58. The Morgan fingerprint density at radius 1 is 1.17 bits per heavy atom. The van der Waals surface area contributed by atoms with E-state index < -0.39 is 18.4 Å². The number of benzene rings is 2. The zero-order valence-electron chi connectivity index (χ0n) is 19.4. The highest BCUT2D eigenvalue weighted by atomic mass is 19.1. The maximum absolute atomic E-state index is 12.7. The first-order valence-corrected chi connectivity index (χ1v) is 11.1. The van der Waals surface area contributed by atoms with E-state index in [1.807, 2.05) is 6.92 Å². The molecule has 11 nitrogen and oxygen atoms in total. The van der Waals surface area contributed by atoms with Crippen molar-refractivity contribution >= 4 is 11.5 Å². The third kappa shape index (κ3) is 5.49. The van der Waals surface area contributed by atoms with Crippen molar-refractivity contribution in [3.63, 3.8) is 0 Å². The first-order chi connectivity index (χ1) is 17.5. The molecule has 0 saturated heterocycles. The lowest BCUT2D eigenvalue weighted by Gasteiger charge is -2.20. The van der Waals surface area contributed by atoms with Gasteiger partial charge >= 0.3 is 5.69 Å². The third-order valence-electron chi connectivity index (χ3n) is 5.09. The van der Waals surface area contributed by atoms with Crippen molar-refractivity contribution in [3.8, 4) is 17.4 Å². The van der Waals surface area contributed by atoms with Crippen molar-refractivity contribution < 1.29 is 13.9 Å². The van der Waals surface area contributed by atoms with E-state index in [2.05, 4.69) is 25.4 Å². The van der Waals surface area contributed by atoms with E-state index in [1.54, 1.807) is 48.5 Å². The minimum Gasteiger partial charge on any atom is -0.490 e. The molecule has 36 heavy (non-hydrogen) atoms. The molecule has 0 spiro atoms. The Morgan fingerprint density at radius 2 is 1.92 bits per heavy atom. The lowest BCUT2D eigenvalue weighted by Crippen LogP contribution is -2.18. The second-order valence-corrected chi connectivity index (χ2v) is 7.52. The number of rotatable bonds is 11. The molecule has 186 valence electrons. The van der Waals surface area contributed by atoms with E-state index in [0.29, 0.717) is 40.7 Å². The SMILES string of the molecule is CCOc1cc(C(Nc2ccc(C(=N)N)cc2)c2nn(-c3ncccn3)c(=O)[nH]2)ccc1OCCF. The highest BCUT2D eigenvalue weighted by Crippen LogP contribution is 2.33. The molecule has 2 heterocycles. The minimum absolute atomic E-state index is 0.0470. The fraction of sp³-hybridized carbons (Fsp3) is 0.208. The van der Waals surface area contributed by atoms with Gasteiger partial charge in [0.25, 0.3) is 5.95 Å². The number of alkyl halides is 1. The summed E-state index contributed by atoms with van der Waals surface area (Å²) >= 11 is 0. The molecular weight excluding hydrogens is 467 g/mol. The Hall–Kier alpha value is -4.74. The number of H-pyrrole nitrogens is 1. The van der Waals surface area contributed by atoms with Gasteiger partial charge in [0.2, 0.25) is 0 Å². The Bertz CT molecular complexity index is 1370. The van der Waals surface area contributed by atoms with Gasteiger partial charge in [0, 0.05) is 23.6 Å². The van der Waals surface area contributed by atoms with Crippen LogP contribution >= 0.6 is 0 Å². The van der Waals surface area contributed by atoms with Crippen LogP contribution in [0.15, 0.2) is 65.7 Å². The number of nitrogens with two attached hydrogens (primary N) is 1. The summed E-state index contributed by atoms with van der Waals surface area (Å²) in [4.78, 5) is 23.7. The average molecular weight is 493 g/mol. The number of hydrogen-bond donors (Lipinski definition) is 4. The molecule has 2 aromatic carbocycles. The Balaban J connectivity index is 1.76.